The third-order valence-electron chi connectivity index (χ3n) is 0.478. The summed E-state index contributed by atoms with van der Waals surface area (Å²) in [5.41, 5.74) is 4.39. The van der Waals surface area contributed by atoms with Crippen molar-refractivity contribution in [3.63, 3.8) is 0 Å². The van der Waals surface area contributed by atoms with Crippen LogP contribution in [-0.4, -0.2) is 16.3 Å². The van der Waals surface area contributed by atoms with Gasteiger partial charge in [-0.25, -0.2) is 9.97 Å². The first-order valence-corrected chi connectivity index (χ1v) is 2.32. The van der Waals surface area contributed by atoms with E-state index in [1.165, 1.54) is 6.33 Å². The summed E-state index contributed by atoms with van der Waals surface area (Å²) in [6.07, 6.45) is 5.62. The predicted octanol–water partition coefficient (Wildman–Crippen LogP) is 0.0288. The normalized spacial score (nSPS) is 6.67. The second-order valence-corrected chi connectivity index (χ2v) is 1.07. The molecule has 1 heterocycles. The maximum Gasteiger partial charge on any atom is 0.115 e. The highest BCUT2D eigenvalue weighted by Crippen LogP contribution is 1.66. The van der Waals surface area contributed by atoms with Gasteiger partial charge in [0.1, 0.15) is 6.33 Å². The molecule has 0 saturated heterocycles. The minimum atomic E-state index is 0.750. The van der Waals surface area contributed by atoms with E-state index in [0.29, 0.717) is 0 Å². The van der Waals surface area contributed by atoms with Gasteiger partial charge < -0.3 is 5.73 Å². The average Bonchev–Trinajstić information content (AvgIpc) is 1.93. The molecule has 1 aromatic heterocycles. The molecule has 0 spiro atoms. The molecule has 0 aliphatic carbocycles. The Balaban J connectivity index is 0.000000187. The van der Waals surface area contributed by atoms with Gasteiger partial charge in [0.05, 0.1) is 6.34 Å². The fourth-order valence-corrected chi connectivity index (χ4v) is 0.253. The van der Waals surface area contributed by atoms with E-state index in [9.17, 15) is 0 Å². The Kier molecular flexibility index (Phi) is 5.49. The lowest BCUT2D eigenvalue weighted by Gasteiger charge is -1.70. The van der Waals surface area contributed by atoms with Crippen molar-refractivity contribution in [2.45, 2.75) is 0 Å². The van der Waals surface area contributed by atoms with Crippen molar-refractivity contribution >= 4 is 6.34 Å². The Bertz CT molecular complexity index is 112. The molecular weight excluding hydrogens is 116 g/mol. The van der Waals surface area contributed by atoms with Crippen molar-refractivity contribution < 1.29 is 0 Å². The van der Waals surface area contributed by atoms with Crippen LogP contribution >= 0.6 is 0 Å². The Labute approximate surface area is 53.3 Å². The van der Waals surface area contributed by atoms with Gasteiger partial charge in [-0.1, -0.05) is 0 Å². The monoisotopic (exact) mass is 124 g/mol. The predicted molar refractivity (Wildman–Crippen MR) is 35.0 cm³/mol. The maximum absolute atomic E-state index is 5.86. The van der Waals surface area contributed by atoms with Gasteiger partial charge in [-0.3, -0.25) is 5.41 Å². The average molecular weight is 124 g/mol. The minimum Gasteiger partial charge on any atom is -0.390 e. The van der Waals surface area contributed by atoms with Crippen LogP contribution < -0.4 is 5.73 Å². The molecule has 0 atom stereocenters. The highest BCUT2D eigenvalue weighted by atomic mass is 14.8. The first-order valence-electron chi connectivity index (χ1n) is 2.32. The molecule has 0 aliphatic rings. The molecule has 0 aliphatic heterocycles. The molecule has 0 bridgehead atoms. The fourth-order valence-electron chi connectivity index (χ4n) is 0.253. The lowest BCUT2D eigenvalue weighted by atomic mass is 10.7. The minimum absolute atomic E-state index is 0.750. The van der Waals surface area contributed by atoms with Crippen LogP contribution in [-0.2, 0) is 0 Å². The van der Waals surface area contributed by atoms with Gasteiger partial charge in [0.2, 0.25) is 0 Å². The number of rotatable bonds is 0. The van der Waals surface area contributed by atoms with Crippen molar-refractivity contribution in [2.24, 2.45) is 5.73 Å². The zero-order valence-electron chi connectivity index (χ0n) is 4.86. The summed E-state index contributed by atoms with van der Waals surface area (Å²) in [7, 11) is 0. The molecule has 0 aromatic carbocycles. The van der Waals surface area contributed by atoms with Crippen molar-refractivity contribution in [1.29, 1.82) is 5.41 Å². The second-order valence-electron chi connectivity index (χ2n) is 1.07. The first-order chi connectivity index (χ1) is 4.41. The highest BCUT2D eigenvalue weighted by Gasteiger charge is 1.59. The quantitative estimate of drug-likeness (QED) is 0.378. The van der Waals surface area contributed by atoms with Crippen LogP contribution in [0.5, 0.6) is 0 Å². The molecule has 3 N–H and O–H groups in total. The molecule has 1 aromatic rings. The van der Waals surface area contributed by atoms with Crippen LogP contribution in [0.25, 0.3) is 0 Å². The number of aromatic nitrogens is 2. The number of hydrogen-bond donors (Lipinski definition) is 2. The van der Waals surface area contributed by atoms with Crippen molar-refractivity contribution in [3.8, 4) is 0 Å². The molecule has 48 valence electrons. The van der Waals surface area contributed by atoms with E-state index in [4.69, 9.17) is 5.41 Å². The summed E-state index contributed by atoms with van der Waals surface area (Å²) in [6, 6.07) is 1.78. The third kappa shape index (κ3) is 6.55. The molecule has 4 heteroatoms. The van der Waals surface area contributed by atoms with E-state index in [-0.39, 0.29) is 0 Å². The van der Waals surface area contributed by atoms with Gasteiger partial charge in [-0.15, -0.1) is 0 Å². The molecule has 0 radical (unpaired) electrons. The van der Waals surface area contributed by atoms with E-state index >= 15 is 0 Å². The Morgan fingerprint density at radius 1 is 1.33 bits per heavy atom. The molecule has 0 fully saturated rings. The fraction of sp³-hybridized carbons (Fsp3) is 0. The maximum atomic E-state index is 5.86. The van der Waals surface area contributed by atoms with Crippen LogP contribution in [0.1, 0.15) is 0 Å². The summed E-state index contributed by atoms with van der Waals surface area (Å²) < 4.78 is 0. The van der Waals surface area contributed by atoms with Gasteiger partial charge in [-0.05, 0) is 6.07 Å². The van der Waals surface area contributed by atoms with Crippen LogP contribution in [0.15, 0.2) is 24.8 Å². The third-order valence-corrected chi connectivity index (χ3v) is 0.478. The van der Waals surface area contributed by atoms with E-state index in [2.05, 4.69) is 15.7 Å². The zero-order valence-corrected chi connectivity index (χ0v) is 4.86. The van der Waals surface area contributed by atoms with Crippen molar-refractivity contribution in [1.82, 2.24) is 9.97 Å². The first kappa shape index (κ1) is 7.55. The highest BCUT2D eigenvalue weighted by molar-refractivity contribution is 5.46. The summed E-state index contributed by atoms with van der Waals surface area (Å²) in [6.45, 7) is 0. The summed E-state index contributed by atoms with van der Waals surface area (Å²) in [5.74, 6) is 0. The SMILES string of the molecule is N=CN.c1cncnc1. The standard InChI is InChI=1S/C4H4N2.CH4N2/c1-2-5-4-6-3-1;2-1-3/h1-4H;1H,(H3,2,3). The van der Waals surface area contributed by atoms with E-state index in [1.54, 1.807) is 18.5 Å². The Morgan fingerprint density at radius 3 is 1.89 bits per heavy atom. The molecule has 4 nitrogen and oxygen atoms in total. The number of nitrogens with two attached hydrogens (primary N) is 1. The van der Waals surface area contributed by atoms with Crippen LogP contribution in [0, 0.1) is 5.41 Å². The molecule has 9 heavy (non-hydrogen) atoms. The molecule has 0 saturated carbocycles. The van der Waals surface area contributed by atoms with Crippen LogP contribution in [0.2, 0.25) is 0 Å². The van der Waals surface area contributed by atoms with Gasteiger partial charge in [0, 0.05) is 12.4 Å². The number of nitrogens with zero attached hydrogens (tertiary/aromatic N) is 2. The van der Waals surface area contributed by atoms with Gasteiger partial charge in [0.15, 0.2) is 0 Å². The second kappa shape index (κ2) is 6.55. The van der Waals surface area contributed by atoms with Crippen molar-refractivity contribution in [2.75, 3.05) is 0 Å². The molecule has 1 rings (SSSR count). The topological polar surface area (TPSA) is 75.7 Å². The van der Waals surface area contributed by atoms with E-state index in [0.717, 1.165) is 6.34 Å². The summed E-state index contributed by atoms with van der Waals surface area (Å²) >= 11 is 0. The number of nitrogens with one attached hydrogen (secondary N) is 1. The Morgan fingerprint density at radius 2 is 1.78 bits per heavy atom. The molecular formula is C5H8N4. The van der Waals surface area contributed by atoms with Crippen molar-refractivity contribution in [3.05, 3.63) is 24.8 Å². The molecule has 0 amide bonds. The summed E-state index contributed by atoms with van der Waals surface area (Å²) in [5, 5.41) is 5.86. The number of hydrogen-bond acceptors (Lipinski definition) is 3. The van der Waals surface area contributed by atoms with Gasteiger partial charge in [-0.2, -0.15) is 0 Å². The zero-order chi connectivity index (χ0) is 6.95. The van der Waals surface area contributed by atoms with E-state index < -0.39 is 0 Å². The molecule has 0 unspecified atom stereocenters. The largest absolute Gasteiger partial charge is 0.390 e. The van der Waals surface area contributed by atoms with Crippen LogP contribution in [0.4, 0.5) is 0 Å². The van der Waals surface area contributed by atoms with Gasteiger partial charge in [0.25, 0.3) is 0 Å². The van der Waals surface area contributed by atoms with Gasteiger partial charge >= 0.3 is 0 Å². The smallest absolute Gasteiger partial charge is 0.115 e. The Hall–Kier alpha value is -1.45. The lowest BCUT2D eigenvalue weighted by molar-refractivity contribution is 1.17. The lowest BCUT2D eigenvalue weighted by Crippen LogP contribution is -1.81. The van der Waals surface area contributed by atoms with E-state index in [1.807, 2.05) is 0 Å². The van der Waals surface area contributed by atoms with Crippen LogP contribution in [0.3, 0.4) is 0 Å². The summed E-state index contributed by atoms with van der Waals surface area (Å²) in [4.78, 5) is 7.35.